The van der Waals surface area contributed by atoms with E-state index in [0.717, 1.165) is 74.2 Å². The number of ether oxygens (including phenoxy) is 2. The smallest absolute Gasteiger partial charge is 0.183 e. The third kappa shape index (κ3) is 7.80. The van der Waals surface area contributed by atoms with Gasteiger partial charge < -0.3 is 23.8 Å². The van der Waals surface area contributed by atoms with Gasteiger partial charge in [-0.05, 0) is 60.4 Å². The Morgan fingerprint density at radius 2 is 1.28 bits per heavy atom. The first-order valence-corrected chi connectivity index (χ1v) is 18.3. The number of aromatic nitrogens is 4. The topological polar surface area (TPSA) is 80.9 Å². The number of hydrogen-bond acceptors (Lipinski definition) is 8. The van der Waals surface area contributed by atoms with E-state index in [9.17, 15) is 0 Å². The molecular weight excluding hydrogens is 671 g/mol. The van der Waals surface area contributed by atoms with Crippen LogP contribution in [0, 0.1) is 0 Å². The van der Waals surface area contributed by atoms with Gasteiger partial charge in [-0.15, -0.1) is 0 Å². The molecule has 9 heteroatoms. The van der Waals surface area contributed by atoms with Gasteiger partial charge >= 0.3 is 0 Å². The Kier molecular flexibility index (Phi) is 10.9. The first-order chi connectivity index (χ1) is 26.5. The Bertz CT molecular complexity index is 2250. The lowest BCUT2D eigenvalue weighted by Crippen LogP contribution is -2.24. The summed E-state index contributed by atoms with van der Waals surface area (Å²) in [5, 5.41) is 0. The van der Waals surface area contributed by atoms with Gasteiger partial charge in [-0.3, -0.25) is 0 Å². The molecule has 0 unspecified atom stereocenters. The molecule has 9 nitrogen and oxygen atoms in total. The lowest BCUT2D eigenvalue weighted by Gasteiger charge is -2.28. The summed E-state index contributed by atoms with van der Waals surface area (Å²) in [7, 11) is 5.38. The zero-order chi connectivity index (χ0) is 37.4. The third-order valence-electron chi connectivity index (χ3n) is 9.60. The number of imidazole rings is 1. The number of benzene rings is 4. The van der Waals surface area contributed by atoms with Crippen LogP contribution >= 0.6 is 0 Å². The highest BCUT2D eigenvalue weighted by Gasteiger charge is 2.21. The lowest BCUT2D eigenvalue weighted by molar-refractivity contribution is 0.414. The van der Waals surface area contributed by atoms with Crippen molar-refractivity contribution in [1.82, 2.24) is 19.5 Å². The fraction of sp³-hybridized carbons (Fsp3) is 0.200. The molecule has 0 fully saturated rings. The van der Waals surface area contributed by atoms with Crippen LogP contribution in [0.2, 0.25) is 0 Å². The van der Waals surface area contributed by atoms with Crippen LogP contribution in [0.1, 0.15) is 41.7 Å². The van der Waals surface area contributed by atoms with Crippen molar-refractivity contribution < 1.29 is 9.47 Å². The Morgan fingerprint density at radius 3 is 1.80 bits per heavy atom. The van der Waals surface area contributed by atoms with E-state index in [2.05, 4.69) is 84.3 Å². The standard InChI is InChI=1S/C45H45N7O2/c1-6-34-26-41(51(29-32-18-22-37(53-4)23-19-32)30-33-20-24-38(54-5)25-21-33)46-28-40(34)52(7-2)42-27-39-44(47-31-50(39)3)45(48-42)49-43(35-14-10-8-11-15-35)36-16-12-9-13-17-36/h8-28,31H,6-7,29-30H2,1-5H3. The second kappa shape index (κ2) is 16.5. The summed E-state index contributed by atoms with van der Waals surface area (Å²) in [6.45, 7) is 6.36. The molecule has 7 aromatic rings. The second-order valence-corrected chi connectivity index (χ2v) is 13.0. The molecule has 54 heavy (non-hydrogen) atoms. The molecule has 7 rings (SSSR count). The van der Waals surface area contributed by atoms with Crippen molar-refractivity contribution in [1.29, 1.82) is 0 Å². The van der Waals surface area contributed by atoms with Crippen molar-refractivity contribution in [2.45, 2.75) is 33.4 Å². The normalized spacial score (nSPS) is 11.0. The predicted molar refractivity (Wildman–Crippen MR) is 219 cm³/mol. The molecule has 0 aliphatic rings. The summed E-state index contributed by atoms with van der Waals surface area (Å²) in [5.41, 5.74) is 9.05. The highest BCUT2D eigenvalue weighted by molar-refractivity contribution is 6.14. The summed E-state index contributed by atoms with van der Waals surface area (Å²) < 4.78 is 12.9. The summed E-state index contributed by atoms with van der Waals surface area (Å²) in [5.74, 6) is 3.91. The highest BCUT2D eigenvalue weighted by atomic mass is 16.5. The number of pyridine rings is 2. The number of anilines is 3. The average molecular weight is 716 g/mol. The second-order valence-electron chi connectivity index (χ2n) is 13.0. The van der Waals surface area contributed by atoms with E-state index in [0.29, 0.717) is 25.5 Å². The molecule has 0 spiro atoms. The molecule has 0 saturated heterocycles. The van der Waals surface area contributed by atoms with Crippen LogP contribution < -0.4 is 19.3 Å². The van der Waals surface area contributed by atoms with Crippen LogP contribution in [0.25, 0.3) is 11.0 Å². The van der Waals surface area contributed by atoms with Crippen LogP contribution in [-0.2, 0) is 26.6 Å². The highest BCUT2D eigenvalue weighted by Crippen LogP contribution is 2.35. The van der Waals surface area contributed by atoms with Gasteiger partial charge in [0.2, 0.25) is 0 Å². The van der Waals surface area contributed by atoms with E-state index in [1.54, 1.807) is 14.2 Å². The van der Waals surface area contributed by atoms with Gasteiger partial charge in [0.05, 0.1) is 43.7 Å². The number of hydrogen-bond donors (Lipinski definition) is 0. The molecule has 0 bridgehead atoms. The predicted octanol–water partition coefficient (Wildman–Crippen LogP) is 9.48. The third-order valence-corrected chi connectivity index (χ3v) is 9.60. The van der Waals surface area contributed by atoms with Crippen molar-refractivity contribution in [2.75, 3.05) is 30.6 Å². The number of aliphatic imine (C=N–C) groups is 1. The monoisotopic (exact) mass is 715 g/mol. The van der Waals surface area contributed by atoms with Crippen LogP contribution in [0.15, 0.2) is 139 Å². The van der Waals surface area contributed by atoms with Gasteiger partial charge in [0, 0.05) is 43.9 Å². The molecule has 4 aromatic carbocycles. The fourth-order valence-corrected chi connectivity index (χ4v) is 6.66. The summed E-state index contributed by atoms with van der Waals surface area (Å²) in [6.07, 6.45) is 4.62. The van der Waals surface area contributed by atoms with Gasteiger partial charge in [-0.1, -0.05) is 91.9 Å². The van der Waals surface area contributed by atoms with Crippen LogP contribution in [-0.4, -0.2) is 46.0 Å². The van der Waals surface area contributed by atoms with Gasteiger partial charge in [-0.2, -0.15) is 0 Å². The van der Waals surface area contributed by atoms with E-state index in [4.69, 9.17) is 29.4 Å². The maximum absolute atomic E-state index is 5.42. The van der Waals surface area contributed by atoms with E-state index in [1.807, 2.05) is 84.8 Å². The minimum absolute atomic E-state index is 0.567. The largest absolute Gasteiger partial charge is 0.497 e. The molecule has 0 radical (unpaired) electrons. The maximum Gasteiger partial charge on any atom is 0.183 e. The van der Waals surface area contributed by atoms with Crippen molar-refractivity contribution >= 4 is 39.9 Å². The quantitative estimate of drug-likeness (QED) is 0.104. The molecule has 0 atom stereocenters. The molecular formula is C45H45N7O2. The van der Waals surface area contributed by atoms with Crippen molar-refractivity contribution in [2.24, 2.45) is 12.0 Å². The van der Waals surface area contributed by atoms with E-state index in [1.165, 1.54) is 5.56 Å². The number of aryl methyl sites for hydroxylation is 2. The van der Waals surface area contributed by atoms with Gasteiger partial charge in [0.25, 0.3) is 0 Å². The fourth-order valence-electron chi connectivity index (χ4n) is 6.66. The van der Waals surface area contributed by atoms with Gasteiger partial charge in [-0.25, -0.2) is 19.9 Å². The van der Waals surface area contributed by atoms with E-state index in [-0.39, 0.29) is 0 Å². The number of fused-ring (bicyclic) bond motifs is 1. The van der Waals surface area contributed by atoms with Gasteiger partial charge in [0.15, 0.2) is 5.82 Å². The number of methoxy groups -OCH3 is 2. The summed E-state index contributed by atoms with van der Waals surface area (Å²) in [4.78, 5) is 24.9. The van der Waals surface area contributed by atoms with Gasteiger partial charge in [0.1, 0.15) is 28.7 Å². The molecule has 272 valence electrons. The number of nitrogens with zero attached hydrogens (tertiary/aromatic N) is 7. The molecule has 3 aromatic heterocycles. The molecule has 0 N–H and O–H groups in total. The number of rotatable bonds is 14. The lowest BCUT2D eigenvalue weighted by atomic mass is 10.0. The Hall–Kier alpha value is -6.48. The Balaban J connectivity index is 1.29. The molecule has 0 aliphatic carbocycles. The average Bonchev–Trinajstić information content (AvgIpc) is 3.61. The van der Waals surface area contributed by atoms with Crippen molar-refractivity contribution in [3.8, 4) is 11.5 Å². The van der Waals surface area contributed by atoms with E-state index < -0.39 is 0 Å². The zero-order valence-electron chi connectivity index (χ0n) is 31.5. The molecule has 0 amide bonds. The minimum atomic E-state index is 0.567. The summed E-state index contributed by atoms with van der Waals surface area (Å²) >= 11 is 0. The maximum atomic E-state index is 5.42. The van der Waals surface area contributed by atoms with Crippen molar-refractivity contribution in [3.05, 3.63) is 162 Å². The Morgan fingerprint density at radius 1 is 0.704 bits per heavy atom. The van der Waals surface area contributed by atoms with Crippen molar-refractivity contribution in [3.63, 3.8) is 0 Å². The minimum Gasteiger partial charge on any atom is -0.497 e. The molecule has 3 heterocycles. The molecule has 0 saturated carbocycles. The van der Waals surface area contributed by atoms with Crippen LogP contribution in [0.3, 0.4) is 0 Å². The Labute approximate surface area is 317 Å². The first-order valence-electron chi connectivity index (χ1n) is 18.3. The zero-order valence-corrected chi connectivity index (χ0v) is 31.5. The first kappa shape index (κ1) is 35.9. The van der Waals surface area contributed by atoms with Crippen LogP contribution in [0.5, 0.6) is 11.5 Å². The van der Waals surface area contributed by atoms with E-state index >= 15 is 0 Å². The SMILES string of the molecule is CCc1cc(N(Cc2ccc(OC)cc2)Cc2ccc(OC)cc2)ncc1N(CC)c1cc2c(ncn2C)c(N=C(c2ccccc2)c2ccccc2)n1. The summed E-state index contributed by atoms with van der Waals surface area (Å²) in [6, 6.07) is 41.2. The molecule has 0 aliphatic heterocycles. The van der Waals surface area contributed by atoms with Crippen LogP contribution in [0.4, 0.5) is 23.1 Å².